The van der Waals surface area contributed by atoms with Crippen molar-refractivity contribution in [2.24, 2.45) is 0 Å². The van der Waals surface area contributed by atoms with Crippen LogP contribution < -0.4 is 4.90 Å². The van der Waals surface area contributed by atoms with E-state index in [-0.39, 0.29) is 23.6 Å². The van der Waals surface area contributed by atoms with E-state index in [9.17, 15) is 9.59 Å². The van der Waals surface area contributed by atoms with Gasteiger partial charge in [0.05, 0.1) is 21.7 Å². The highest BCUT2D eigenvalue weighted by molar-refractivity contribution is 9.10. The zero-order valence-electron chi connectivity index (χ0n) is 19.9. The molecule has 0 saturated carbocycles. The summed E-state index contributed by atoms with van der Waals surface area (Å²) in [5.41, 5.74) is 0.402. The van der Waals surface area contributed by atoms with Gasteiger partial charge in [0.25, 0.3) is 0 Å². The van der Waals surface area contributed by atoms with Gasteiger partial charge < -0.3 is 19.4 Å². The number of hydrogen-bond acceptors (Lipinski definition) is 5. The van der Waals surface area contributed by atoms with E-state index in [1.807, 2.05) is 25.7 Å². The lowest BCUT2D eigenvalue weighted by molar-refractivity contribution is -0.130. The van der Waals surface area contributed by atoms with Gasteiger partial charge in [-0.15, -0.1) is 0 Å². The second-order valence-electron chi connectivity index (χ2n) is 10.3. The molecule has 0 atom stereocenters. The summed E-state index contributed by atoms with van der Waals surface area (Å²) in [4.78, 5) is 30.2. The molecule has 174 valence electrons. The van der Waals surface area contributed by atoms with Gasteiger partial charge >= 0.3 is 6.09 Å². The van der Waals surface area contributed by atoms with Gasteiger partial charge in [-0.25, -0.2) is 4.79 Å². The van der Waals surface area contributed by atoms with E-state index in [1.165, 1.54) is 0 Å². The first-order chi connectivity index (χ1) is 14.3. The van der Waals surface area contributed by atoms with Crippen LogP contribution in [0.1, 0.15) is 66.1 Å². The number of likely N-dealkylation sites (tertiary alicyclic amines) is 1. The molecule has 2 amide bonds. The molecule has 1 aromatic heterocycles. The molecular formula is C22H36BrN5O3. The standard InChI is InChI=1S/C22H36BrN5O3/c1-15-18(23)19(27-13-12-26(16(2)29)14-22(27,6)7)24-28(15)17-8-10-25(11-9-17)20(30)31-21(3,4)5/h17H,8-14H2,1-7H3. The lowest BCUT2D eigenvalue weighted by Crippen LogP contribution is -2.60. The average molecular weight is 498 g/mol. The quantitative estimate of drug-likeness (QED) is 0.617. The highest BCUT2D eigenvalue weighted by atomic mass is 79.9. The largest absolute Gasteiger partial charge is 0.444 e. The smallest absolute Gasteiger partial charge is 0.410 e. The van der Waals surface area contributed by atoms with Crippen molar-refractivity contribution in [3.8, 4) is 0 Å². The Morgan fingerprint density at radius 2 is 1.71 bits per heavy atom. The molecule has 0 aliphatic carbocycles. The van der Waals surface area contributed by atoms with Crippen LogP contribution in [0.2, 0.25) is 0 Å². The molecule has 2 saturated heterocycles. The third-order valence-corrected chi connectivity index (χ3v) is 7.05. The molecule has 0 unspecified atom stereocenters. The normalized spacial score (nSPS) is 20.2. The zero-order valence-corrected chi connectivity index (χ0v) is 21.5. The van der Waals surface area contributed by atoms with Crippen molar-refractivity contribution in [1.82, 2.24) is 19.6 Å². The Balaban J connectivity index is 1.72. The lowest BCUT2D eigenvalue weighted by Gasteiger charge is -2.47. The summed E-state index contributed by atoms with van der Waals surface area (Å²) in [5.74, 6) is 1.05. The van der Waals surface area contributed by atoms with Crippen LogP contribution in [-0.2, 0) is 9.53 Å². The molecule has 9 heteroatoms. The van der Waals surface area contributed by atoms with Gasteiger partial charge in [-0.2, -0.15) is 5.10 Å². The zero-order chi connectivity index (χ0) is 23.1. The van der Waals surface area contributed by atoms with Crippen molar-refractivity contribution in [2.45, 2.75) is 78.5 Å². The molecule has 0 spiro atoms. The minimum atomic E-state index is -0.481. The average Bonchev–Trinajstić information content (AvgIpc) is 2.94. The molecule has 0 N–H and O–H groups in total. The van der Waals surface area contributed by atoms with Crippen molar-refractivity contribution < 1.29 is 14.3 Å². The Labute approximate surface area is 194 Å². The van der Waals surface area contributed by atoms with E-state index in [2.05, 4.69) is 46.3 Å². The third-order valence-electron chi connectivity index (χ3n) is 6.13. The van der Waals surface area contributed by atoms with Crippen LogP contribution in [0.4, 0.5) is 10.6 Å². The highest BCUT2D eigenvalue weighted by Crippen LogP contribution is 2.37. The van der Waals surface area contributed by atoms with E-state index in [0.29, 0.717) is 26.2 Å². The van der Waals surface area contributed by atoms with Crippen molar-refractivity contribution in [2.75, 3.05) is 37.6 Å². The summed E-state index contributed by atoms with van der Waals surface area (Å²) in [5, 5.41) is 5.01. The molecule has 3 rings (SSSR count). The first-order valence-electron chi connectivity index (χ1n) is 11.1. The van der Waals surface area contributed by atoms with Gasteiger partial charge in [0.1, 0.15) is 5.60 Å². The van der Waals surface area contributed by atoms with Crippen molar-refractivity contribution in [1.29, 1.82) is 0 Å². The van der Waals surface area contributed by atoms with Crippen LogP contribution >= 0.6 is 15.9 Å². The molecule has 8 nitrogen and oxygen atoms in total. The Bertz CT molecular complexity index is 837. The SMILES string of the molecule is CC(=O)N1CCN(c2nn(C3CCN(C(=O)OC(C)(C)C)CC3)c(C)c2Br)C(C)(C)C1. The lowest BCUT2D eigenvalue weighted by atomic mass is 9.98. The number of anilines is 1. The van der Waals surface area contributed by atoms with Crippen LogP contribution in [0.15, 0.2) is 4.47 Å². The maximum atomic E-state index is 12.4. The number of piperidine rings is 1. The number of ether oxygens (including phenoxy) is 1. The van der Waals surface area contributed by atoms with E-state index < -0.39 is 5.60 Å². The van der Waals surface area contributed by atoms with Crippen molar-refractivity contribution >= 4 is 33.7 Å². The minimum Gasteiger partial charge on any atom is -0.444 e. The Morgan fingerprint density at radius 1 is 1.10 bits per heavy atom. The maximum absolute atomic E-state index is 12.4. The molecule has 0 aromatic carbocycles. The minimum absolute atomic E-state index is 0.116. The van der Waals surface area contributed by atoms with Crippen LogP contribution in [0.5, 0.6) is 0 Å². The molecule has 0 bridgehead atoms. The molecule has 2 fully saturated rings. The van der Waals surface area contributed by atoms with E-state index in [4.69, 9.17) is 9.84 Å². The van der Waals surface area contributed by atoms with Crippen molar-refractivity contribution in [3.63, 3.8) is 0 Å². The molecular weight excluding hydrogens is 462 g/mol. The number of carbonyl (C=O) groups is 2. The molecule has 2 aliphatic heterocycles. The number of aromatic nitrogens is 2. The number of nitrogens with zero attached hydrogens (tertiary/aromatic N) is 5. The summed E-state index contributed by atoms with van der Waals surface area (Å²) in [6.45, 7) is 17.1. The first-order valence-corrected chi connectivity index (χ1v) is 11.8. The van der Waals surface area contributed by atoms with Crippen LogP contribution in [0.25, 0.3) is 0 Å². The van der Waals surface area contributed by atoms with E-state index in [0.717, 1.165) is 35.4 Å². The third kappa shape index (κ3) is 5.18. The predicted molar refractivity (Wildman–Crippen MR) is 124 cm³/mol. The fourth-order valence-electron chi connectivity index (χ4n) is 4.45. The molecule has 1 aromatic rings. The fraction of sp³-hybridized carbons (Fsp3) is 0.773. The fourth-order valence-corrected chi connectivity index (χ4v) is 4.92. The monoisotopic (exact) mass is 497 g/mol. The molecule has 2 aliphatic rings. The summed E-state index contributed by atoms with van der Waals surface area (Å²) >= 11 is 3.78. The van der Waals surface area contributed by atoms with Gasteiger partial charge in [-0.1, -0.05) is 0 Å². The van der Waals surface area contributed by atoms with E-state index in [1.54, 1.807) is 11.8 Å². The summed E-state index contributed by atoms with van der Waals surface area (Å²) in [7, 11) is 0. The Morgan fingerprint density at radius 3 is 2.23 bits per heavy atom. The first kappa shape index (κ1) is 23.9. The van der Waals surface area contributed by atoms with Crippen LogP contribution in [0.3, 0.4) is 0 Å². The maximum Gasteiger partial charge on any atom is 0.410 e. The number of hydrogen-bond donors (Lipinski definition) is 0. The summed E-state index contributed by atoms with van der Waals surface area (Å²) in [6, 6.07) is 0.241. The van der Waals surface area contributed by atoms with Crippen LogP contribution in [-0.4, -0.2) is 75.4 Å². The summed E-state index contributed by atoms with van der Waals surface area (Å²) in [6.07, 6.45) is 1.44. The van der Waals surface area contributed by atoms with Crippen molar-refractivity contribution in [3.05, 3.63) is 10.2 Å². The Hall–Kier alpha value is -1.77. The number of rotatable bonds is 2. The second-order valence-corrected chi connectivity index (χ2v) is 11.1. The molecule has 0 radical (unpaired) electrons. The van der Waals surface area contributed by atoms with Gasteiger partial charge in [0.2, 0.25) is 5.91 Å². The van der Waals surface area contributed by atoms with Crippen LogP contribution in [0, 0.1) is 6.92 Å². The Kier molecular flexibility index (Phi) is 6.65. The van der Waals surface area contributed by atoms with Gasteiger partial charge in [-0.05, 0) is 70.3 Å². The predicted octanol–water partition coefficient (Wildman–Crippen LogP) is 3.97. The van der Waals surface area contributed by atoms with Gasteiger partial charge in [0.15, 0.2) is 5.82 Å². The second kappa shape index (κ2) is 8.64. The van der Waals surface area contributed by atoms with E-state index >= 15 is 0 Å². The highest BCUT2D eigenvalue weighted by Gasteiger charge is 2.38. The molecule has 31 heavy (non-hydrogen) atoms. The summed E-state index contributed by atoms with van der Waals surface area (Å²) < 4.78 is 8.63. The van der Waals surface area contributed by atoms with Gasteiger partial charge in [0, 0.05) is 39.6 Å². The molecule has 3 heterocycles. The number of amides is 2. The number of carbonyl (C=O) groups excluding carboxylic acids is 2. The topological polar surface area (TPSA) is 70.9 Å². The number of halogens is 1. The van der Waals surface area contributed by atoms with Gasteiger partial charge in [-0.3, -0.25) is 9.48 Å². The number of piperazine rings is 1.